The minimum absolute atomic E-state index is 0.0222. The molecule has 1 aromatic heterocycles. The van der Waals surface area contributed by atoms with Crippen molar-refractivity contribution in [1.82, 2.24) is 5.16 Å². The molecule has 6 heteroatoms. The number of rotatable bonds is 7. The van der Waals surface area contributed by atoms with Crippen molar-refractivity contribution in [2.75, 3.05) is 23.3 Å². The Hall–Kier alpha value is -3.28. The first-order valence-electron chi connectivity index (χ1n) is 10.4. The van der Waals surface area contributed by atoms with Crippen LogP contribution in [-0.4, -0.2) is 24.2 Å². The molecule has 3 aromatic rings. The summed E-state index contributed by atoms with van der Waals surface area (Å²) in [5.41, 5.74) is 4.73. The fourth-order valence-electron chi connectivity index (χ4n) is 3.76. The lowest BCUT2D eigenvalue weighted by Crippen LogP contribution is -2.21. The van der Waals surface area contributed by atoms with Crippen LogP contribution in [0.25, 0.3) is 0 Å². The van der Waals surface area contributed by atoms with Gasteiger partial charge in [-0.25, -0.2) is 0 Å². The quantitative estimate of drug-likeness (QED) is 0.620. The van der Waals surface area contributed by atoms with Crippen molar-refractivity contribution >= 4 is 17.3 Å². The topological polar surface area (TPSA) is 67.6 Å². The molecule has 1 aliphatic rings. The Morgan fingerprint density at radius 1 is 1.10 bits per heavy atom. The van der Waals surface area contributed by atoms with Gasteiger partial charge in [0.05, 0.1) is 29.1 Å². The van der Waals surface area contributed by atoms with Gasteiger partial charge in [-0.3, -0.25) is 4.79 Å². The van der Waals surface area contributed by atoms with Gasteiger partial charge in [0.2, 0.25) is 5.91 Å². The molecule has 1 N–H and O–H groups in total. The number of amides is 1. The SMILES string of the molecule is Cc1noc(C)c1COc1ccc(CC(=O)Nc2ccccc2N2CCCC2)cc1. The smallest absolute Gasteiger partial charge is 0.228 e. The van der Waals surface area contributed by atoms with Crippen molar-refractivity contribution in [2.45, 2.75) is 39.7 Å². The molecule has 4 rings (SSSR count). The average molecular weight is 405 g/mol. The average Bonchev–Trinajstić information content (AvgIpc) is 3.38. The molecular formula is C24H27N3O3. The second-order valence-corrected chi connectivity index (χ2v) is 7.67. The first kappa shape index (κ1) is 20.0. The zero-order valence-corrected chi connectivity index (χ0v) is 17.5. The van der Waals surface area contributed by atoms with Gasteiger partial charge < -0.3 is 19.5 Å². The first-order valence-corrected chi connectivity index (χ1v) is 10.4. The van der Waals surface area contributed by atoms with E-state index in [1.165, 1.54) is 12.8 Å². The van der Waals surface area contributed by atoms with E-state index in [9.17, 15) is 4.79 Å². The highest BCUT2D eigenvalue weighted by Crippen LogP contribution is 2.28. The van der Waals surface area contributed by atoms with E-state index < -0.39 is 0 Å². The molecule has 2 heterocycles. The molecule has 0 atom stereocenters. The molecule has 1 amide bonds. The van der Waals surface area contributed by atoms with Crippen molar-refractivity contribution in [3.8, 4) is 5.75 Å². The van der Waals surface area contributed by atoms with E-state index in [4.69, 9.17) is 9.26 Å². The van der Waals surface area contributed by atoms with Crippen LogP contribution in [-0.2, 0) is 17.8 Å². The third-order valence-corrected chi connectivity index (χ3v) is 5.48. The normalized spacial score (nSPS) is 13.5. The summed E-state index contributed by atoms with van der Waals surface area (Å²) in [4.78, 5) is 14.9. The molecule has 0 aliphatic carbocycles. The van der Waals surface area contributed by atoms with Crippen LogP contribution in [0, 0.1) is 13.8 Å². The number of aromatic nitrogens is 1. The Kier molecular flexibility index (Phi) is 6.02. The summed E-state index contributed by atoms with van der Waals surface area (Å²) in [5, 5.41) is 7.02. The van der Waals surface area contributed by atoms with Crippen molar-refractivity contribution < 1.29 is 14.1 Å². The Balaban J connectivity index is 1.34. The zero-order valence-electron chi connectivity index (χ0n) is 17.5. The van der Waals surface area contributed by atoms with Gasteiger partial charge >= 0.3 is 0 Å². The monoisotopic (exact) mass is 405 g/mol. The third kappa shape index (κ3) is 4.64. The lowest BCUT2D eigenvalue weighted by Gasteiger charge is -2.21. The molecule has 1 fully saturated rings. The van der Waals surface area contributed by atoms with E-state index >= 15 is 0 Å². The molecule has 0 bridgehead atoms. The van der Waals surface area contributed by atoms with Gasteiger partial charge in [-0.2, -0.15) is 0 Å². The number of para-hydroxylation sites is 2. The van der Waals surface area contributed by atoms with Crippen LogP contribution in [0.15, 0.2) is 53.1 Å². The maximum absolute atomic E-state index is 12.6. The van der Waals surface area contributed by atoms with Crippen LogP contribution in [0.4, 0.5) is 11.4 Å². The minimum Gasteiger partial charge on any atom is -0.489 e. The maximum Gasteiger partial charge on any atom is 0.228 e. The number of ether oxygens (including phenoxy) is 1. The zero-order chi connectivity index (χ0) is 20.9. The fourth-order valence-corrected chi connectivity index (χ4v) is 3.76. The standard InChI is InChI=1S/C24H27N3O3/c1-17-21(18(2)30-26-17)16-29-20-11-9-19(10-12-20)15-24(28)25-22-7-3-4-8-23(22)27-13-5-6-14-27/h3-4,7-12H,5-6,13-16H2,1-2H3,(H,25,28). The van der Waals surface area contributed by atoms with Crippen molar-refractivity contribution in [3.05, 3.63) is 71.1 Å². The van der Waals surface area contributed by atoms with Gasteiger partial charge in [0.1, 0.15) is 18.1 Å². The summed E-state index contributed by atoms with van der Waals surface area (Å²) in [6.07, 6.45) is 2.72. The summed E-state index contributed by atoms with van der Waals surface area (Å²) in [6.45, 7) is 6.28. The highest BCUT2D eigenvalue weighted by molar-refractivity contribution is 5.95. The number of hydrogen-bond donors (Lipinski definition) is 1. The summed E-state index contributed by atoms with van der Waals surface area (Å²) in [5.74, 6) is 1.50. The minimum atomic E-state index is -0.0222. The summed E-state index contributed by atoms with van der Waals surface area (Å²) in [6, 6.07) is 15.6. The van der Waals surface area contributed by atoms with Gasteiger partial charge in [-0.1, -0.05) is 29.4 Å². The lowest BCUT2D eigenvalue weighted by molar-refractivity contribution is -0.115. The molecule has 156 valence electrons. The van der Waals surface area contributed by atoms with E-state index in [1.54, 1.807) is 0 Å². The van der Waals surface area contributed by atoms with Gasteiger partial charge in [0.25, 0.3) is 0 Å². The van der Waals surface area contributed by atoms with Crippen molar-refractivity contribution in [2.24, 2.45) is 0 Å². The number of nitrogens with one attached hydrogen (secondary N) is 1. The molecule has 0 radical (unpaired) electrons. The highest BCUT2D eigenvalue weighted by Gasteiger charge is 2.16. The predicted octanol–water partition coefficient (Wildman–Crippen LogP) is 4.65. The van der Waals surface area contributed by atoms with Gasteiger partial charge in [-0.15, -0.1) is 0 Å². The van der Waals surface area contributed by atoms with E-state index in [2.05, 4.69) is 21.4 Å². The molecule has 30 heavy (non-hydrogen) atoms. The maximum atomic E-state index is 12.6. The molecule has 1 saturated heterocycles. The number of aryl methyl sites for hydroxylation is 2. The third-order valence-electron chi connectivity index (χ3n) is 5.48. The molecule has 1 aliphatic heterocycles. The summed E-state index contributed by atoms with van der Waals surface area (Å²) in [7, 11) is 0. The number of anilines is 2. The Labute approximate surface area is 176 Å². The number of carbonyl (C=O) groups excluding carboxylic acids is 1. The molecule has 0 spiro atoms. The second-order valence-electron chi connectivity index (χ2n) is 7.67. The molecule has 0 unspecified atom stereocenters. The first-order chi connectivity index (χ1) is 14.6. The highest BCUT2D eigenvalue weighted by atomic mass is 16.5. The number of hydrogen-bond acceptors (Lipinski definition) is 5. The van der Waals surface area contributed by atoms with Crippen LogP contribution in [0.2, 0.25) is 0 Å². The van der Waals surface area contributed by atoms with Crippen LogP contribution >= 0.6 is 0 Å². The van der Waals surface area contributed by atoms with E-state index in [1.807, 2.05) is 56.3 Å². The van der Waals surface area contributed by atoms with E-state index in [-0.39, 0.29) is 5.91 Å². The van der Waals surface area contributed by atoms with Crippen molar-refractivity contribution in [3.63, 3.8) is 0 Å². The van der Waals surface area contributed by atoms with Crippen LogP contribution in [0.3, 0.4) is 0 Å². The van der Waals surface area contributed by atoms with Crippen molar-refractivity contribution in [1.29, 1.82) is 0 Å². The summed E-state index contributed by atoms with van der Waals surface area (Å²) < 4.78 is 11.0. The van der Waals surface area contributed by atoms with Crippen LogP contribution in [0.5, 0.6) is 5.75 Å². The number of nitrogens with zero attached hydrogens (tertiary/aromatic N) is 2. The summed E-state index contributed by atoms with van der Waals surface area (Å²) >= 11 is 0. The van der Waals surface area contributed by atoms with Gasteiger partial charge in [-0.05, 0) is 56.5 Å². The second kappa shape index (κ2) is 9.03. The number of benzene rings is 2. The van der Waals surface area contributed by atoms with Gasteiger partial charge in [0, 0.05) is 13.1 Å². The largest absolute Gasteiger partial charge is 0.489 e. The predicted molar refractivity (Wildman–Crippen MR) is 117 cm³/mol. The molecule has 2 aromatic carbocycles. The lowest BCUT2D eigenvalue weighted by atomic mass is 10.1. The molecule has 6 nitrogen and oxygen atoms in total. The molecule has 0 saturated carbocycles. The van der Waals surface area contributed by atoms with Crippen LogP contribution < -0.4 is 15.0 Å². The molecular weight excluding hydrogens is 378 g/mol. The van der Waals surface area contributed by atoms with Crippen LogP contribution in [0.1, 0.15) is 35.4 Å². The van der Waals surface area contributed by atoms with E-state index in [0.717, 1.165) is 52.8 Å². The van der Waals surface area contributed by atoms with Gasteiger partial charge in [0.15, 0.2) is 0 Å². The fraction of sp³-hybridized carbons (Fsp3) is 0.333. The Morgan fingerprint density at radius 2 is 1.83 bits per heavy atom. The number of carbonyl (C=O) groups is 1. The Bertz CT molecular complexity index is 985. The van der Waals surface area contributed by atoms with E-state index in [0.29, 0.717) is 13.0 Å². The Morgan fingerprint density at radius 3 is 2.53 bits per heavy atom.